The Morgan fingerprint density at radius 2 is 1.87 bits per heavy atom. The molecule has 4 aromatic heterocycles. The first-order valence-corrected chi connectivity index (χ1v) is 15.9. The molecule has 6 rings (SSSR count). The number of amides is 2. The molecule has 2 amide bonds. The van der Waals surface area contributed by atoms with Gasteiger partial charge in [0.15, 0.2) is 0 Å². The number of nitrogens with two attached hydrogens (primary N) is 1. The van der Waals surface area contributed by atoms with Crippen LogP contribution in [0.25, 0.3) is 27.2 Å². The molecule has 1 saturated heterocycles. The Morgan fingerprint density at radius 1 is 1.09 bits per heavy atom. The molecule has 1 aromatic carbocycles. The minimum absolute atomic E-state index is 0.0796. The Balaban J connectivity index is 1.14. The molecule has 1 unspecified atom stereocenters. The number of piperidine rings is 1. The largest absolute Gasteiger partial charge is 0.483 e. The van der Waals surface area contributed by atoms with E-state index in [-0.39, 0.29) is 12.2 Å². The summed E-state index contributed by atoms with van der Waals surface area (Å²) >= 11 is 1.24. The Bertz CT molecular complexity index is 1880. The summed E-state index contributed by atoms with van der Waals surface area (Å²) in [4.78, 5) is 36.2. The van der Waals surface area contributed by atoms with Crippen LogP contribution in [0.4, 0.5) is 4.79 Å². The Labute approximate surface area is 270 Å². The van der Waals surface area contributed by atoms with Crippen LogP contribution in [0.2, 0.25) is 0 Å². The molecule has 0 radical (unpaired) electrons. The zero-order valence-corrected chi connectivity index (χ0v) is 27.3. The topological polar surface area (TPSA) is 140 Å². The average molecular weight is 644 g/mol. The molecule has 1 aliphatic rings. The van der Waals surface area contributed by atoms with E-state index in [9.17, 15) is 9.59 Å². The number of aryl methyl sites for hydroxylation is 1. The van der Waals surface area contributed by atoms with Crippen molar-refractivity contribution in [1.29, 1.82) is 0 Å². The number of fused-ring (bicyclic) bond motifs is 1. The maximum atomic E-state index is 12.5. The number of primary amides is 1. The number of imidazole rings is 1. The molecule has 12 nitrogen and oxygen atoms in total. The molecule has 2 N–H and O–H groups in total. The van der Waals surface area contributed by atoms with Gasteiger partial charge in [0, 0.05) is 56.9 Å². The average Bonchev–Trinajstić information content (AvgIpc) is 3.74. The van der Waals surface area contributed by atoms with Crippen LogP contribution in [0.3, 0.4) is 0 Å². The third-order valence-corrected chi connectivity index (χ3v) is 8.71. The van der Waals surface area contributed by atoms with Crippen LogP contribution in [0, 0.1) is 0 Å². The smallest absolute Gasteiger partial charge is 0.410 e. The summed E-state index contributed by atoms with van der Waals surface area (Å²) < 4.78 is 21.6. The molecule has 1 atom stereocenters. The van der Waals surface area contributed by atoms with Gasteiger partial charge in [0.1, 0.15) is 39.8 Å². The van der Waals surface area contributed by atoms with Crippen LogP contribution < -0.4 is 15.2 Å². The normalized spacial score (nSPS) is 14.8. The second kappa shape index (κ2) is 12.5. The van der Waals surface area contributed by atoms with Crippen molar-refractivity contribution in [3.05, 3.63) is 71.8 Å². The summed E-state index contributed by atoms with van der Waals surface area (Å²) in [5, 5.41) is 5.00. The zero-order chi connectivity index (χ0) is 32.6. The van der Waals surface area contributed by atoms with Gasteiger partial charge in [0.2, 0.25) is 5.88 Å². The molecule has 1 fully saturated rings. The van der Waals surface area contributed by atoms with Crippen molar-refractivity contribution in [1.82, 2.24) is 29.2 Å². The molecule has 0 saturated carbocycles. The number of benzene rings is 1. The van der Waals surface area contributed by atoms with Gasteiger partial charge in [-0.05, 0) is 51.5 Å². The predicted molar refractivity (Wildman–Crippen MR) is 174 cm³/mol. The minimum atomic E-state index is -0.579. The zero-order valence-electron chi connectivity index (χ0n) is 26.5. The summed E-state index contributed by atoms with van der Waals surface area (Å²) in [6.07, 6.45) is 5.95. The van der Waals surface area contributed by atoms with E-state index in [1.54, 1.807) is 28.0 Å². The summed E-state index contributed by atoms with van der Waals surface area (Å²) in [6, 6.07) is 13.3. The number of hydrogen-bond donors (Lipinski definition) is 1. The minimum Gasteiger partial charge on any atom is -0.483 e. The first-order valence-electron chi connectivity index (χ1n) is 15.1. The summed E-state index contributed by atoms with van der Waals surface area (Å²) in [7, 11) is 1.88. The van der Waals surface area contributed by atoms with Gasteiger partial charge < -0.3 is 24.8 Å². The lowest BCUT2D eigenvalue weighted by Crippen LogP contribution is -2.44. The monoisotopic (exact) mass is 643 g/mol. The van der Waals surface area contributed by atoms with Crippen molar-refractivity contribution in [3.8, 4) is 27.8 Å². The number of aromatic nitrogens is 5. The highest BCUT2D eigenvalue weighted by molar-refractivity contribution is 7.16. The number of carbonyl (C=O) groups is 2. The highest BCUT2D eigenvalue weighted by Gasteiger charge is 2.28. The molecule has 5 heterocycles. The lowest BCUT2D eigenvalue weighted by Gasteiger charge is -2.33. The van der Waals surface area contributed by atoms with Crippen molar-refractivity contribution in [2.24, 2.45) is 12.8 Å². The van der Waals surface area contributed by atoms with E-state index in [1.807, 2.05) is 82.0 Å². The number of carbonyl (C=O) groups excluding carboxylic acids is 2. The van der Waals surface area contributed by atoms with E-state index in [2.05, 4.69) is 15.1 Å². The number of thiophene rings is 1. The number of hydrogen-bond acceptors (Lipinski definition) is 9. The van der Waals surface area contributed by atoms with Gasteiger partial charge in [0.05, 0.1) is 22.9 Å². The molecule has 0 spiro atoms. The highest BCUT2D eigenvalue weighted by Crippen LogP contribution is 2.36. The third kappa shape index (κ3) is 6.84. The van der Waals surface area contributed by atoms with Gasteiger partial charge in [-0.1, -0.05) is 12.1 Å². The molecular weight excluding hydrogens is 606 g/mol. The first-order chi connectivity index (χ1) is 21.9. The van der Waals surface area contributed by atoms with Crippen LogP contribution in [-0.2, 0) is 11.8 Å². The van der Waals surface area contributed by atoms with Gasteiger partial charge in [-0.25, -0.2) is 14.8 Å². The van der Waals surface area contributed by atoms with Gasteiger partial charge in [-0.2, -0.15) is 5.10 Å². The van der Waals surface area contributed by atoms with Crippen LogP contribution in [-0.4, -0.2) is 66.0 Å². The van der Waals surface area contributed by atoms with Crippen molar-refractivity contribution >= 4 is 34.4 Å². The Kier molecular flexibility index (Phi) is 8.43. The molecule has 46 heavy (non-hydrogen) atoms. The lowest BCUT2D eigenvalue weighted by molar-refractivity contribution is 0.0122. The van der Waals surface area contributed by atoms with Gasteiger partial charge in [0.25, 0.3) is 5.91 Å². The predicted octanol–water partition coefficient (Wildman–Crippen LogP) is 5.90. The standard InChI is InChI=1S/C33H37N7O5S/c1-20(24-7-6-8-28(37-24)44-23-11-13-39(14-12-23)32(42)45-33(2,3)4)43-27-16-29(46-30(27)31(34)41)40-19-35-25-15-21(9-10-26(25)40)22-17-36-38(5)18-22/h6-10,15-20,23H,11-14H2,1-5H3,(H2,34,41). The van der Waals surface area contributed by atoms with Crippen LogP contribution in [0.15, 0.2) is 61.2 Å². The fourth-order valence-corrected chi connectivity index (χ4v) is 6.23. The summed E-state index contributed by atoms with van der Waals surface area (Å²) in [5.41, 5.74) is 9.59. The number of pyridine rings is 1. The maximum absolute atomic E-state index is 12.5. The van der Waals surface area contributed by atoms with E-state index in [0.717, 1.165) is 27.2 Å². The molecule has 13 heteroatoms. The number of ether oxygens (including phenoxy) is 3. The van der Waals surface area contributed by atoms with E-state index in [4.69, 9.17) is 19.9 Å². The second-order valence-corrected chi connectivity index (χ2v) is 13.3. The van der Waals surface area contributed by atoms with E-state index < -0.39 is 17.6 Å². The lowest BCUT2D eigenvalue weighted by atomic mass is 10.1. The van der Waals surface area contributed by atoms with Crippen molar-refractivity contribution in [2.45, 2.75) is 58.3 Å². The van der Waals surface area contributed by atoms with Gasteiger partial charge >= 0.3 is 6.09 Å². The van der Waals surface area contributed by atoms with Crippen molar-refractivity contribution < 1.29 is 23.8 Å². The molecule has 240 valence electrons. The van der Waals surface area contributed by atoms with Crippen molar-refractivity contribution in [3.63, 3.8) is 0 Å². The number of rotatable bonds is 8. The van der Waals surface area contributed by atoms with E-state index in [0.29, 0.717) is 48.1 Å². The first kappa shape index (κ1) is 31.1. The Morgan fingerprint density at radius 3 is 2.57 bits per heavy atom. The summed E-state index contributed by atoms with van der Waals surface area (Å²) in [5.74, 6) is 0.265. The number of nitrogens with zero attached hydrogens (tertiary/aromatic N) is 6. The highest BCUT2D eigenvalue weighted by atomic mass is 32.1. The quantitative estimate of drug-likeness (QED) is 0.221. The van der Waals surface area contributed by atoms with Crippen LogP contribution >= 0.6 is 11.3 Å². The Hall–Kier alpha value is -4.91. The molecule has 5 aromatic rings. The second-order valence-electron chi connectivity index (χ2n) is 12.3. The maximum Gasteiger partial charge on any atom is 0.410 e. The fraction of sp³-hybridized carbons (Fsp3) is 0.364. The van der Waals surface area contributed by atoms with E-state index in [1.165, 1.54) is 11.3 Å². The SMILES string of the molecule is CC(Oc1cc(-n2cnc3cc(-c4cnn(C)c4)ccc32)sc1C(N)=O)c1cccc(OC2CCN(C(=O)OC(C)(C)C)CC2)n1. The van der Waals surface area contributed by atoms with Crippen LogP contribution in [0.1, 0.15) is 62.0 Å². The number of likely N-dealkylation sites (tertiary alicyclic amines) is 1. The molecule has 0 bridgehead atoms. The van der Waals surface area contributed by atoms with Gasteiger partial charge in [-0.3, -0.25) is 14.0 Å². The molecule has 1 aliphatic heterocycles. The molecule has 0 aliphatic carbocycles. The van der Waals surface area contributed by atoms with Crippen molar-refractivity contribution in [2.75, 3.05) is 13.1 Å². The third-order valence-electron chi connectivity index (χ3n) is 7.58. The fourth-order valence-electron chi connectivity index (χ4n) is 5.31. The summed E-state index contributed by atoms with van der Waals surface area (Å²) in [6.45, 7) is 8.53. The van der Waals surface area contributed by atoms with E-state index >= 15 is 0 Å². The van der Waals surface area contributed by atoms with Crippen LogP contribution in [0.5, 0.6) is 11.6 Å². The van der Waals surface area contributed by atoms with Gasteiger partial charge in [-0.15, -0.1) is 11.3 Å². The molecular formula is C33H37N7O5S.